The Hall–Kier alpha value is -2.23. The summed E-state index contributed by atoms with van der Waals surface area (Å²) in [6, 6.07) is 8.24. The van der Waals surface area contributed by atoms with Crippen molar-refractivity contribution in [1.29, 1.82) is 0 Å². The molecule has 0 bridgehead atoms. The van der Waals surface area contributed by atoms with E-state index in [1.54, 1.807) is 0 Å². The Balaban J connectivity index is 2.45. The zero-order valence-electron chi connectivity index (χ0n) is 10.8. The van der Waals surface area contributed by atoms with Gasteiger partial charge in [0.25, 0.3) is 0 Å². The minimum atomic E-state index is 0.523. The molecule has 92 valence electrons. The van der Waals surface area contributed by atoms with Crippen LogP contribution in [-0.2, 0) is 7.05 Å². The van der Waals surface area contributed by atoms with E-state index in [0.717, 1.165) is 5.69 Å². The van der Waals surface area contributed by atoms with Gasteiger partial charge in [-0.05, 0) is 25.5 Å². The fourth-order valence-corrected chi connectivity index (χ4v) is 2.58. The highest BCUT2D eigenvalue weighted by Crippen LogP contribution is 2.35. The van der Waals surface area contributed by atoms with Gasteiger partial charge in [0.15, 0.2) is 0 Å². The number of benzene rings is 1. The summed E-state index contributed by atoms with van der Waals surface area (Å²) >= 11 is 0. The summed E-state index contributed by atoms with van der Waals surface area (Å²) in [6.45, 7) is 4.25. The number of H-pyrrole nitrogens is 1. The van der Waals surface area contributed by atoms with Crippen LogP contribution < -0.4 is 5.73 Å². The molecule has 3 rings (SSSR count). The van der Waals surface area contributed by atoms with E-state index >= 15 is 0 Å². The molecule has 0 atom stereocenters. The van der Waals surface area contributed by atoms with Crippen molar-refractivity contribution in [1.82, 2.24) is 14.8 Å². The predicted molar refractivity (Wildman–Crippen MR) is 74.4 cm³/mol. The van der Waals surface area contributed by atoms with Crippen LogP contribution in [0.5, 0.6) is 0 Å². The molecule has 0 aliphatic rings. The lowest BCUT2D eigenvalue weighted by Crippen LogP contribution is -1.90. The SMILES string of the molecule is Cc1cccc2c1c(-c1cc(N)n[nH]1)c(C)n2C. The number of hydrogen-bond donors (Lipinski definition) is 2. The first-order chi connectivity index (χ1) is 8.59. The molecule has 0 amide bonds. The summed E-state index contributed by atoms with van der Waals surface area (Å²) < 4.78 is 2.20. The summed E-state index contributed by atoms with van der Waals surface area (Å²) in [4.78, 5) is 0. The predicted octanol–water partition coefficient (Wildman–Crippen LogP) is 2.77. The molecule has 0 spiro atoms. The van der Waals surface area contributed by atoms with E-state index < -0.39 is 0 Å². The molecule has 3 N–H and O–H groups in total. The van der Waals surface area contributed by atoms with Gasteiger partial charge >= 0.3 is 0 Å². The number of anilines is 1. The zero-order chi connectivity index (χ0) is 12.9. The molecule has 2 heterocycles. The summed E-state index contributed by atoms with van der Waals surface area (Å²) in [6.07, 6.45) is 0. The standard InChI is InChI=1S/C14H16N4/c1-8-5-4-6-11-13(8)14(9(2)18(11)3)10-7-12(15)17-16-10/h4-7H,1-3H3,(H3,15,16,17). The molecule has 0 saturated heterocycles. The second kappa shape index (κ2) is 3.63. The van der Waals surface area contributed by atoms with Crippen molar-refractivity contribution in [3.63, 3.8) is 0 Å². The number of nitrogens with zero attached hydrogens (tertiary/aromatic N) is 2. The van der Waals surface area contributed by atoms with Gasteiger partial charge in [0.2, 0.25) is 0 Å². The van der Waals surface area contributed by atoms with Crippen LogP contribution in [0, 0.1) is 13.8 Å². The molecular weight excluding hydrogens is 224 g/mol. The van der Waals surface area contributed by atoms with Crippen LogP contribution in [0.3, 0.4) is 0 Å². The lowest BCUT2D eigenvalue weighted by molar-refractivity contribution is 0.918. The van der Waals surface area contributed by atoms with Gasteiger partial charge in [-0.25, -0.2) is 0 Å². The first-order valence-electron chi connectivity index (χ1n) is 5.95. The second-order valence-electron chi connectivity index (χ2n) is 4.69. The molecule has 0 aliphatic heterocycles. The number of aromatic nitrogens is 3. The highest BCUT2D eigenvalue weighted by Gasteiger charge is 2.16. The fourth-order valence-electron chi connectivity index (χ4n) is 2.58. The normalized spacial score (nSPS) is 11.3. The van der Waals surface area contributed by atoms with E-state index in [1.807, 2.05) is 6.07 Å². The van der Waals surface area contributed by atoms with Crippen LogP contribution in [0.4, 0.5) is 5.82 Å². The van der Waals surface area contributed by atoms with E-state index in [1.165, 1.54) is 27.7 Å². The molecule has 2 aromatic heterocycles. The molecule has 0 fully saturated rings. The average Bonchev–Trinajstić information content (AvgIpc) is 2.86. The number of fused-ring (bicyclic) bond motifs is 1. The molecule has 18 heavy (non-hydrogen) atoms. The molecule has 0 unspecified atom stereocenters. The van der Waals surface area contributed by atoms with Crippen LogP contribution in [0.1, 0.15) is 11.3 Å². The largest absolute Gasteiger partial charge is 0.382 e. The maximum Gasteiger partial charge on any atom is 0.145 e. The van der Waals surface area contributed by atoms with Gasteiger partial charge in [-0.15, -0.1) is 0 Å². The van der Waals surface area contributed by atoms with Crippen molar-refractivity contribution >= 4 is 16.7 Å². The van der Waals surface area contributed by atoms with Crippen molar-refractivity contribution in [3.8, 4) is 11.3 Å². The van der Waals surface area contributed by atoms with Gasteiger partial charge in [0.05, 0.1) is 5.69 Å². The lowest BCUT2D eigenvalue weighted by Gasteiger charge is -2.00. The van der Waals surface area contributed by atoms with Crippen LogP contribution in [0.15, 0.2) is 24.3 Å². The molecule has 0 saturated carbocycles. The third kappa shape index (κ3) is 1.35. The van der Waals surface area contributed by atoms with Crippen molar-refractivity contribution in [2.24, 2.45) is 7.05 Å². The van der Waals surface area contributed by atoms with Gasteiger partial charge in [-0.1, -0.05) is 12.1 Å². The number of rotatable bonds is 1. The summed E-state index contributed by atoms with van der Waals surface area (Å²) in [7, 11) is 2.08. The maximum absolute atomic E-state index is 5.71. The lowest BCUT2D eigenvalue weighted by atomic mass is 10.0. The van der Waals surface area contributed by atoms with Crippen LogP contribution >= 0.6 is 0 Å². The number of aryl methyl sites for hydroxylation is 2. The summed E-state index contributed by atoms with van der Waals surface area (Å²) in [5.41, 5.74) is 11.6. The third-order valence-electron chi connectivity index (χ3n) is 3.59. The van der Waals surface area contributed by atoms with Gasteiger partial charge in [0.1, 0.15) is 5.82 Å². The van der Waals surface area contributed by atoms with E-state index in [-0.39, 0.29) is 0 Å². The maximum atomic E-state index is 5.71. The minimum Gasteiger partial charge on any atom is -0.382 e. The van der Waals surface area contributed by atoms with Crippen LogP contribution in [-0.4, -0.2) is 14.8 Å². The Bertz CT molecular complexity index is 734. The fraction of sp³-hybridized carbons (Fsp3) is 0.214. The number of aromatic amines is 1. The Morgan fingerprint density at radius 3 is 2.72 bits per heavy atom. The number of hydrogen-bond acceptors (Lipinski definition) is 2. The summed E-state index contributed by atoms with van der Waals surface area (Å²) in [5.74, 6) is 0.523. The highest BCUT2D eigenvalue weighted by molar-refractivity contribution is 5.99. The smallest absolute Gasteiger partial charge is 0.145 e. The van der Waals surface area contributed by atoms with E-state index in [0.29, 0.717) is 5.82 Å². The van der Waals surface area contributed by atoms with Gasteiger partial charge in [-0.2, -0.15) is 5.10 Å². The second-order valence-corrected chi connectivity index (χ2v) is 4.69. The molecule has 3 aromatic rings. The van der Waals surface area contributed by atoms with Crippen LogP contribution in [0.25, 0.3) is 22.2 Å². The minimum absolute atomic E-state index is 0.523. The first kappa shape index (κ1) is 10.9. The van der Waals surface area contributed by atoms with E-state index in [2.05, 4.69) is 53.9 Å². The van der Waals surface area contributed by atoms with Gasteiger partial charge < -0.3 is 10.3 Å². The molecule has 1 aromatic carbocycles. The Labute approximate surface area is 105 Å². The van der Waals surface area contributed by atoms with Crippen molar-refractivity contribution < 1.29 is 0 Å². The Kier molecular flexibility index (Phi) is 2.20. The summed E-state index contributed by atoms with van der Waals surface area (Å²) in [5, 5.41) is 8.30. The van der Waals surface area contributed by atoms with Crippen molar-refractivity contribution in [2.45, 2.75) is 13.8 Å². The molecule has 4 nitrogen and oxygen atoms in total. The monoisotopic (exact) mass is 240 g/mol. The molecule has 0 radical (unpaired) electrons. The average molecular weight is 240 g/mol. The Morgan fingerprint density at radius 2 is 2.06 bits per heavy atom. The topological polar surface area (TPSA) is 59.6 Å². The van der Waals surface area contributed by atoms with Gasteiger partial charge in [-0.3, -0.25) is 5.10 Å². The first-order valence-corrected chi connectivity index (χ1v) is 5.95. The number of nitrogens with two attached hydrogens (primary N) is 1. The Morgan fingerprint density at radius 1 is 1.28 bits per heavy atom. The third-order valence-corrected chi connectivity index (χ3v) is 3.59. The van der Waals surface area contributed by atoms with Crippen LogP contribution in [0.2, 0.25) is 0 Å². The molecular formula is C14H16N4. The van der Waals surface area contributed by atoms with E-state index in [9.17, 15) is 0 Å². The van der Waals surface area contributed by atoms with Crippen molar-refractivity contribution in [3.05, 3.63) is 35.5 Å². The number of nitrogens with one attached hydrogen (secondary N) is 1. The molecule has 4 heteroatoms. The molecule has 0 aliphatic carbocycles. The quantitative estimate of drug-likeness (QED) is 0.687. The zero-order valence-corrected chi connectivity index (χ0v) is 10.8. The van der Waals surface area contributed by atoms with E-state index in [4.69, 9.17) is 5.73 Å². The highest BCUT2D eigenvalue weighted by atomic mass is 15.2. The van der Waals surface area contributed by atoms with Gasteiger partial charge in [0, 0.05) is 35.3 Å². The van der Waals surface area contributed by atoms with Crippen molar-refractivity contribution in [2.75, 3.05) is 5.73 Å². The number of nitrogen functional groups attached to an aromatic ring is 1.